The van der Waals surface area contributed by atoms with E-state index in [0.29, 0.717) is 6.61 Å². The predicted molar refractivity (Wildman–Crippen MR) is 70.1 cm³/mol. The number of nitrogens with one attached hydrogen (secondary N) is 1. The summed E-state index contributed by atoms with van der Waals surface area (Å²) >= 11 is 0. The van der Waals surface area contributed by atoms with Crippen molar-refractivity contribution in [3.63, 3.8) is 0 Å². The molecule has 0 bridgehead atoms. The van der Waals surface area contributed by atoms with Crippen molar-refractivity contribution in [2.75, 3.05) is 19.0 Å². The number of benzene rings is 1. The zero-order valence-corrected chi connectivity index (χ0v) is 10.2. The molecule has 0 heterocycles. The van der Waals surface area contributed by atoms with Gasteiger partial charge in [0.1, 0.15) is 12.4 Å². The van der Waals surface area contributed by atoms with Crippen molar-refractivity contribution in [2.24, 2.45) is 0 Å². The molecular formula is C14H19NO. The van der Waals surface area contributed by atoms with Gasteiger partial charge in [0.15, 0.2) is 0 Å². The molecule has 16 heavy (non-hydrogen) atoms. The lowest BCUT2D eigenvalue weighted by molar-refractivity contribution is 0.355. The van der Waals surface area contributed by atoms with Gasteiger partial charge in [-0.25, -0.2) is 0 Å². The van der Waals surface area contributed by atoms with Gasteiger partial charge in [-0.05, 0) is 43.7 Å². The SMILES string of the molecule is C/C=C\C(=C/C)COc1ccc(NC)cc1. The minimum Gasteiger partial charge on any atom is -0.489 e. The second-order valence-electron chi connectivity index (χ2n) is 3.43. The van der Waals surface area contributed by atoms with Crippen molar-refractivity contribution >= 4 is 5.69 Å². The Morgan fingerprint density at radius 2 is 1.94 bits per heavy atom. The molecule has 0 atom stereocenters. The Hall–Kier alpha value is -1.70. The smallest absolute Gasteiger partial charge is 0.119 e. The molecule has 0 aliphatic rings. The highest BCUT2D eigenvalue weighted by atomic mass is 16.5. The molecule has 0 aliphatic heterocycles. The topological polar surface area (TPSA) is 21.3 Å². The van der Waals surface area contributed by atoms with Gasteiger partial charge in [0, 0.05) is 12.7 Å². The van der Waals surface area contributed by atoms with E-state index < -0.39 is 0 Å². The van der Waals surface area contributed by atoms with Crippen molar-refractivity contribution in [3.8, 4) is 5.75 Å². The molecule has 0 unspecified atom stereocenters. The molecule has 0 saturated carbocycles. The summed E-state index contributed by atoms with van der Waals surface area (Å²) in [6, 6.07) is 7.93. The predicted octanol–water partition coefficient (Wildman–Crippen LogP) is 3.63. The molecule has 1 rings (SSSR count). The van der Waals surface area contributed by atoms with E-state index in [1.165, 1.54) is 5.57 Å². The Morgan fingerprint density at radius 1 is 1.25 bits per heavy atom. The number of allylic oxidation sites excluding steroid dienone is 2. The van der Waals surface area contributed by atoms with Gasteiger partial charge in [0.05, 0.1) is 0 Å². The highest BCUT2D eigenvalue weighted by Gasteiger charge is 1.95. The Balaban J connectivity index is 2.54. The number of hydrogen-bond donors (Lipinski definition) is 1. The summed E-state index contributed by atoms with van der Waals surface area (Å²) in [4.78, 5) is 0. The van der Waals surface area contributed by atoms with Crippen molar-refractivity contribution in [1.29, 1.82) is 0 Å². The fourth-order valence-corrected chi connectivity index (χ4v) is 1.33. The standard InChI is InChI=1S/C14H19NO/c1-4-6-12(5-2)11-16-14-9-7-13(15-3)8-10-14/h4-10,15H,11H2,1-3H3/b6-4-,12-5+. The zero-order chi connectivity index (χ0) is 11.8. The molecule has 0 aliphatic carbocycles. The third kappa shape index (κ3) is 3.81. The van der Waals surface area contributed by atoms with E-state index in [2.05, 4.69) is 17.5 Å². The highest BCUT2D eigenvalue weighted by molar-refractivity contribution is 5.45. The van der Waals surface area contributed by atoms with Gasteiger partial charge in [-0.1, -0.05) is 18.2 Å². The second-order valence-corrected chi connectivity index (χ2v) is 3.43. The van der Waals surface area contributed by atoms with Gasteiger partial charge in [0.2, 0.25) is 0 Å². The largest absolute Gasteiger partial charge is 0.489 e. The van der Waals surface area contributed by atoms with Gasteiger partial charge < -0.3 is 10.1 Å². The van der Waals surface area contributed by atoms with Crippen LogP contribution in [0, 0.1) is 0 Å². The minimum absolute atomic E-state index is 0.611. The van der Waals surface area contributed by atoms with E-state index in [1.807, 2.05) is 51.2 Å². The van der Waals surface area contributed by atoms with E-state index in [1.54, 1.807) is 0 Å². The van der Waals surface area contributed by atoms with E-state index in [-0.39, 0.29) is 0 Å². The van der Waals surface area contributed by atoms with Crippen molar-refractivity contribution < 1.29 is 4.74 Å². The number of rotatable bonds is 5. The third-order valence-electron chi connectivity index (χ3n) is 2.30. The van der Waals surface area contributed by atoms with Crippen LogP contribution < -0.4 is 10.1 Å². The van der Waals surface area contributed by atoms with Crippen molar-refractivity contribution in [3.05, 3.63) is 48.1 Å². The first-order chi connectivity index (χ1) is 7.80. The van der Waals surface area contributed by atoms with Crippen LogP contribution in [0.15, 0.2) is 48.1 Å². The van der Waals surface area contributed by atoms with Crippen LogP contribution in [-0.2, 0) is 0 Å². The fraction of sp³-hybridized carbons (Fsp3) is 0.286. The maximum absolute atomic E-state index is 5.66. The van der Waals surface area contributed by atoms with Crippen LogP contribution in [0.5, 0.6) is 5.75 Å². The Morgan fingerprint density at radius 3 is 2.44 bits per heavy atom. The van der Waals surface area contributed by atoms with Gasteiger partial charge >= 0.3 is 0 Å². The van der Waals surface area contributed by atoms with Crippen LogP contribution in [-0.4, -0.2) is 13.7 Å². The molecule has 0 radical (unpaired) electrons. The molecule has 86 valence electrons. The van der Waals surface area contributed by atoms with Crippen LogP contribution in [0.2, 0.25) is 0 Å². The molecule has 0 saturated heterocycles. The van der Waals surface area contributed by atoms with E-state index in [4.69, 9.17) is 4.74 Å². The van der Waals surface area contributed by atoms with E-state index in [9.17, 15) is 0 Å². The van der Waals surface area contributed by atoms with Gasteiger partial charge in [0.25, 0.3) is 0 Å². The summed E-state index contributed by atoms with van der Waals surface area (Å²) in [5, 5.41) is 3.07. The molecule has 2 nitrogen and oxygen atoms in total. The maximum Gasteiger partial charge on any atom is 0.119 e. The molecule has 0 aromatic heterocycles. The lowest BCUT2D eigenvalue weighted by atomic mass is 10.2. The van der Waals surface area contributed by atoms with Gasteiger partial charge in [-0.3, -0.25) is 0 Å². The Labute approximate surface area is 97.6 Å². The van der Waals surface area contributed by atoms with E-state index in [0.717, 1.165) is 11.4 Å². The number of hydrogen-bond acceptors (Lipinski definition) is 2. The van der Waals surface area contributed by atoms with Crippen LogP contribution in [0.4, 0.5) is 5.69 Å². The first kappa shape index (κ1) is 12.4. The average Bonchev–Trinajstić information content (AvgIpc) is 2.35. The molecule has 1 aromatic carbocycles. The Kier molecular flexibility index (Phi) is 5.20. The van der Waals surface area contributed by atoms with Crippen LogP contribution >= 0.6 is 0 Å². The normalized spacial score (nSPS) is 11.8. The average molecular weight is 217 g/mol. The summed E-state index contributed by atoms with van der Waals surface area (Å²) in [5.41, 5.74) is 2.27. The summed E-state index contributed by atoms with van der Waals surface area (Å²) in [5.74, 6) is 0.892. The number of ether oxygens (including phenoxy) is 1. The second kappa shape index (κ2) is 6.72. The monoisotopic (exact) mass is 217 g/mol. The molecule has 1 aromatic rings. The third-order valence-corrected chi connectivity index (χ3v) is 2.30. The first-order valence-electron chi connectivity index (χ1n) is 5.48. The quantitative estimate of drug-likeness (QED) is 0.760. The summed E-state index contributed by atoms with van der Waals surface area (Å²) in [6.45, 7) is 4.63. The fourth-order valence-electron chi connectivity index (χ4n) is 1.33. The van der Waals surface area contributed by atoms with E-state index >= 15 is 0 Å². The Bertz CT molecular complexity index is 363. The minimum atomic E-state index is 0.611. The molecular weight excluding hydrogens is 198 g/mol. The maximum atomic E-state index is 5.66. The summed E-state index contributed by atoms with van der Waals surface area (Å²) in [6.07, 6.45) is 6.13. The van der Waals surface area contributed by atoms with Gasteiger partial charge in [-0.2, -0.15) is 0 Å². The van der Waals surface area contributed by atoms with Crippen LogP contribution in [0.3, 0.4) is 0 Å². The van der Waals surface area contributed by atoms with Crippen molar-refractivity contribution in [1.82, 2.24) is 0 Å². The summed E-state index contributed by atoms with van der Waals surface area (Å²) in [7, 11) is 1.90. The van der Waals surface area contributed by atoms with Crippen LogP contribution in [0.25, 0.3) is 0 Å². The zero-order valence-electron chi connectivity index (χ0n) is 10.2. The molecule has 0 fully saturated rings. The first-order valence-corrected chi connectivity index (χ1v) is 5.48. The molecule has 0 spiro atoms. The van der Waals surface area contributed by atoms with Crippen molar-refractivity contribution in [2.45, 2.75) is 13.8 Å². The molecule has 1 N–H and O–H groups in total. The van der Waals surface area contributed by atoms with Gasteiger partial charge in [-0.15, -0.1) is 0 Å². The lowest BCUT2D eigenvalue weighted by Crippen LogP contribution is -1.99. The molecule has 2 heteroatoms. The number of anilines is 1. The van der Waals surface area contributed by atoms with Crippen LogP contribution in [0.1, 0.15) is 13.8 Å². The highest BCUT2D eigenvalue weighted by Crippen LogP contribution is 2.15. The molecule has 0 amide bonds. The summed E-state index contributed by atoms with van der Waals surface area (Å²) < 4.78 is 5.66. The lowest BCUT2D eigenvalue weighted by Gasteiger charge is -2.07.